The first-order valence-corrected chi connectivity index (χ1v) is 8.51. The molecule has 1 saturated heterocycles. The molecule has 0 saturated carbocycles. The van der Waals surface area contributed by atoms with E-state index in [1.165, 1.54) is 12.8 Å². The van der Waals surface area contributed by atoms with E-state index >= 15 is 0 Å². The molecule has 1 aliphatic rings. The standard InChI is InChI=1S/C14H28N2O2S/c1-2-3-12(6-9-17)10-16-14(18)11-19-13-4-7-15-8-5-13/h12-13,15,17H,2-11H2,1H3,(H,16,18). The van der Waals surface area contributed by atoms with Crippen molar-refractivity contribution in [3.63, 3.8) is 0 Å². The first kappa shape index (κ1) is 16.8. The highest BCUT2D eigenvalue weighted by Crippen LogP contribution is 2.19. The Balaban J connectivity index is 2.11. The summed E-state index contributed by atoms with van der Waals surface area (Å²) in [6.45, 7) is 5.21. The van der Waals surface area contributed by atoms with Crippen molar-refractivity contribution in [3.8, 4) is 0 Å². The Bertz CT molecular complexity index is 240. The molecule has 0 spiro atoms. The summed E-state index contributed by atoms with van der Waals surface area (Å²) in [4.78, 5) is 11.8. The van der Waals surface area contributed by atoms with Crippen molar-refractivity contribution in [2.45, 2.75) is 44.3 Å². The third-order valence-corrected chi connectivity index (χ3v) is 4.93. The molecule has 0 bridgehead atoms. The van der Waals surface area contributed by atoms with Gasteiger partial charge in [-0.1, -0.05) is 13.3 Å². The van der Waals surface area contributed by atoms with Crippen molar-refractivity contribution in [1.29, 1.82) is 0 Å². The average molecular weight is 288 g/mol. The summed E-state index contributed by atoms with van der Waals surface area (Å²) >= 11 is 1.78. The van der Waals surface area contributed by atoms with Crippen molar-refractivity contribution in [2.24, 2.45) is 5.92 Å². The van der Waals surface area contributed by atoms with Gasteiger partial charge in [-0.25, -0.2) is 0 Å². The van der Waals surface area contributed by atoms with Gasteiger partial charge in [0.15, 0.2) is 0 Å². The smallest absolute Gasteiger partial charge is 0.230 e. The van der Waals surface area contributed by atoms with Gasteiger partial charge in [0, 0.05) is 18.4 Å². The van der Waals surface area contributed by atoms with Crippen molar-refractivity contribution in [1.82, 2.24) is 10.6 Å². The monoisotopic (exact) mass is 288 g/mol. The lowest BCUT2D eigenvalue weighted by Gasteiger charge is -2.22. The van der Waals surface area contributed by atoms with Crippen molar-refractivity contribution in [2.75, 3.05) is 32.0 Å². The van der Waals surface area contributed by atoms with Crippen LogP contribution in [0.5, 0.6) is 0 Å². The molecule has 19 heavy (non-hydrogen) atoms. The molecule has 4 nitrogen and oxygen atoms in total. The fourth-order valence-electron chi connectivity index (χ4n) is 2.40. The summed E-state index contributed by atoms with van der Waals surface area (Å²) in [5, 5.41) is 16.0. The number of amides is 1. The summed E-state index contributed by atoms with van der Waals surface area (Å²) in [7, 11) is 0. The van der Waals surface area contributed by atoms with Gasteiger partial charge in [-0.15, -0.1) is 11.8 Å². The minimum absolute atomic E-state index is 0.141. The number of nitrogens with one attached hydrogen (secondary N) is 2. The number of piperidine rings is 1. The molecule has 5 heteroatoms. The zero-order chi connectivity index (χ0) is 13.9. The zero-order valence-electron chi connectivity index (χ0n) is 12.0. The quantitative estimate of drug-likeness (QED) is 0.600. The van der Waals surface area contributed by atoms with Gasteiger partial charge in [-0.3, -0.25) is 4.79 Å². The van der Waals surface area contributed by atoms with Crippen LogP contribution in [0.4, 0.5) is 0 Å². The highest BCUT2D eigenvalue weighted by atomic mass is 32.2. The van der Waals surface area contributed by atoms with Crippen LogP contribution in [0.2, 0.25) is 0 Å². The predicted molar refractivity (Wildman–Crippen MR) is 81.5 cm³/mol. The fourth-order valence-corrected chi connectivity index (χ4v) is 3.46. The molecular formula is C14H28N2O2S. The van der Waals surface area contributed by atoms with Crippen LogP contribution >= 0.6 is 11.8 Å². The first-order chi connectivity index (χ1) is 9.26. The number of hydrogen-bond donors (Lipinski definition) is 3. The van der Waals surface area contributed by atoms with Gasteiger partial charge in [-0.2, -0.15) is 0 Å². The van der Waals surface area contributed by atoms with Crippen LogP contribution in [-0.2, 0) is 4.79 Å². The van der Waals surface area contributed by atoms with Crippen LogP contribution < -0.4 is 10.6 Å². The van der Waals surface area contributed by atoms with Gasteiger partial charge in [0.05, 0.1) is 5.75 Å². The molecule has 3 N–H and O–H groups in total. The molecule has 1 heterocycles. The molecular weight excluding hydrogens is 260 g/mol. The normalized spacial score (nSPS) is 18.2. The van der Waals surface area contributed by atoms with E-state index in [4.69, 9.17) is 5.11 Å². The third-order valence-electron chi connectivity index (χ3n) is 3.56. The lowest BCUT2D eigenvalue weighted by molar-refractivity contribution is -0.118. The van der Waals surface area contributed by atoms with Gasteiger partial charge in [-0.05, 0) is 44.7 Å². The van der Waals surface area contributed by atoms with E-state index in [-0.39, 0.29) is 12.5 Å². The van der Waals surface area contributed by atoms with E-state index in [0.717, 1.165) is 32.4 Å². The second-order valence-corrected chi connectivity index (χ2v) is 6.52. The van der Waals surface area contributed by atoms with Crippen LogP contribution in [0.1, 0.15) is 39.0 Å². The molecule has 0 aliphatic carbocycles. The van der Waals surface area contributed by atoms with Crippen molar-refractivity contribution >= 4 is 17.7 Å². The summed E-state index contributed by atoms with van der Waals surface area (Å²) in [5.74, 6) is 1.13. The average Bonchev–Trinajstić information content (AvgIpc) is 2.44. The lowest BCUT2D eigenvalue weighted by Crippen LogP contribution is -2.33. The summed E-state index contributed by atoms with van der Waals surface area (Å²) in [6.07, 6.45) is 5.30. The van der Waals surface area contributed by atoms with Crippen LogP contribution in [0.25, 0.3) is 0 Å². The maximum absolute atomic E-state index is 11.8. The second-order valence-electron chi connectivity index (χ2n) is 5.23. The number of carbonyl (C=O) groups excluding carboxylic acids is 1. The van der Waals surface area contributed by atoms with Crippen molar-refractivity contribution < 1.29 is 9.90 Å². The number of rotatable bonds is 9. The molecule has 1 amide bonds. The molecule has 1 unspecified atom stereocenters. The van der Waals surface area contributed by atoms with E-state index in [0.29, 0.717) is 23.5 Å². The maximum Gasteiger partial charge on any atom is 0.230 e. The van der Waals surface area contributed by atoms with Crippen molar-refractivity contribution in [3.05, 3.63) is 0 Å². The van der Waals surface area contributed by atoms with Gasteiger partial charge < -0.3 is 15.7 Å². The molecule has 1 fully saturated rings. The summed E-state index contributed by atoms with van der Waals surface area (Å²) < 4.78 is 0. The Morgan fingerprint density at radius 1 is 1.42 bits per heavy atom. The Morgan fingerprint density at radius 2 is 2.16 bits per heavy atom. The van der Waals surface area contributed by atoms with Gasteiger partial charge in [0.25, 0.3) is 0 Å². The van der Waals surface area contributed by atoms with Crippen LogP contribution in [0, 0.1) is 5.92 Å². The molecule has 1 rings (SSSR count). The van der Waals surface area contributed by atoms with Gasteiger partial charge in [0.1, 0.15) is 0 Å². The van der Waals surface area contributed by atoms with Gasteiger partial charge >= 0.3 is 0 Å². The van der Waals surface area contributed by atoms with Crippen LogP contribution in [0.15, 0.2) is 0 Å². The Kier molecular flexibility index (Phi) is 9.30. The largest absolute Gasteiger partial charge is 0.396 e. The fraction of sp³-hybridized carbons (Fsp3) is 0.929. The van der Waals surface area contributed by atoms with Gasteiger partial charge in [0.2, 0.25) is 5.91 Å². The first-order valence-electron chi connectivity index (χ1n) is 7.46. The molecule has 0 radical (unpaired) electrons. The number of carbonyl (C=O) groups is 1. The molecule has 0 aromatic heterocycles. The topological polar surface area (TPSA) is 61.4 Å². The Morgan fingerprint density at radius 3 is 2.79 bits per heavy atom. The number of thioether (sulfide) groups is 1. The zero-order valence-corrected chi connectivity index (χ0v) is 12.8. The molecule has 112 valence electrons. The van der Waals surface area contributed by atoms with E-state index in [1.807, 2.05) is 0 Å². The lowest BCUT2D eigenvalue weighted by atomic mass is 10.0. The summed E-state index contributed by atoms with van der Waals surface area (Å²) in [5.41, 5.74) is 0. The summed E-state index contributed by atoms with van der Waals surface area (Å²) in [6, 6.07) is 0. The number of hydrogen-bond acceptors (Lipinski definition) is 4. The van der Waals surface area contributed by atoms with Crippen LogP contribution in [-0.4, -0.2) is 48.3 Å². The van der Waals surface area contributed by atoms with E-state index in [1.54, 1.807) is 11.8 Å². The molecule has 1 aliphatic heterocycles. The van der Waals surface area contributed by atoms with Crippen LogP contribution in [0.3, 0.4) is 0 Å². The molecule has 0 aromatic rings. The second kappa shape index (κ2) is 10.5. The number of aliphatic hydroxyl groups excluding tert-OH is 1. The Hall–Kier alpha value is -0.260. The molecule has 0 aromatic carbocycles. The van der Waals surface area contributed by atoms with E-state index in [9.17, 15) is 4.79 Å². The highest BCUT2D eigenvalue weighted by molar-refractivity contribution is 8.00. The van der Waals surface area contributed by atoms with E-state index < -0.39 is 0 Å². The minimum atomic E-state index is 0.141. The molecule has 1 atom stereocenters. The maximum atomic E-state index is 11.8. The predicted octanol–water partition coefficient (Wildman–Crippen LogP) is 1.39. The highest BCUT2D eigenvalue weighted by Gasteiger charge is 2.15. The minimum Gasteiger partial charge on any atom is -0.396 e. The number of aliphatic hydroxyl groups is 1. The third kappa shape index (κ3) is 7.80. The SMILES string of the molecule is CCCC(CCO)CNC(=O)CSC1CCNCC1. The Labute approximate surface area is 121 Å². The van der Waals surface area contributed by atoms with E-state index in [2.05, 4.69) is 17.6 Å².